The molecule has 1 heterocycles. The summed E-state index contributed by atoms with van der Waals surface area (Å²) in [6.45, 7) is 3.14. The van der Waals surface area contributed by atoms with E-state index in [9.17, 15) is 9.59 Å². The van der Waals surface area contributed by atoms with Crippen molar-refractivity contribution >= 4 is 24.2 Å². The van der Waals surface area contributed by atoms with Crippen LogP contribution in [0.5, 0.6) is 0 Å². The molecule has 1 aliphatic heterocycles. The van der Waals surface area contributed by atoms with Crippen molar-refractivity contribution in [3.8, 4) is 0 Å². The van der Waals surface area contributed by atoms with E-state index in [4.69, 9.17) is 5.73 Å². The number of benzene rings is 1. The molecule has 0 bridgehead atoms. The molecular formula is C17H26ClN3O2. The van der Waals surface area contributed by atoms with Crippen LogP contribution < -0.4 is 11.1 Å². The maximum atomic E-state index is 12.4. The number of likely N-dealkylation sites (tertiary alicyclic amines) is 1. The Morgan fingerprint density at radius 1 is 1.35 bits per heavy atom. The minimum absolute atomic E-state index is 0. The number of halogens is 1. The summed E-state index contributed by atoms with van der Waals surface area (Å²) in [7, 11) is 0. The molecule has 2 atom stereocenters. The van der Waals surface area contributed by atoms with Crippen molar-refractivity contribution in [2.24, 2.45) is 5.73 Å². The Morgan fingerprint density at radius 2 is 2.04 bits per heavy atom. The molecule has 0 radical (unpaired) electrons. The zero-order valence-electron chi connectivity index (χ0n) is 13.5. The fourth-order valence-corrected chi connectivity index (χ4v) is 2.75. The van der Waals surface area contributed by atoms with Crippen LogP contribution in [-0.4, -0.2) is 41.9 Å². The van der Waals surface area contributed by atoms with Crippen LogP contribution in [0.3, 0.4) is 0 Å². The molecule has 0 aromatic heterocycles. The van der Waals surface area contributed by atoms with Gasteiger partial charge in [-0.3, -0.25) is 9.59 Å². The van der Waals surface area contributed by atoms with Crippen LogP contribution in [0.2, 0.25) is 0 Å². The summed E-state index contributed by atoms with van der Waals surface area (Å²) in [6, 6.07) is 9.38. The molecule has 3 N–H and O–H groups in total. The van der Waals surface area contributed by atoms with Gasteiger partial charge in [0.05, 0.1) is 6.42 Å². The third-order valence-corrected chi connectivity index (χ3v) is 3.97. The number of nitrogens with two attached hydrogens (primary N) is 1. The average molecular weight is 340 g/mol. The van der Waals surface area contributed by atoms with Crippen molar-refractivity contribution in [3.63, 3.8) is 0 Å². The maximum absolute atomic E-state index is 12.4. The van der Waals surface area contributed by atoms with Crippen LogP contribution in [0.25, 0.3) is 0 Å². The number of hydrogen-bond acceptors (Lipinski definition) is 3. The van der Waals surface area contributed by atoms with Gasteiger partial charge >= 0.3 is 0 Å². The number of amides is 2. The van der Waals surface area contributed by atoms with Crippen molar-refractivity contribution in [3.05, 3.63) is 35.9 Å². The highest BCUT2D eigenvalue weighted by atomic mass is 35.5. The molecule has 128 valence electrons. The van der Waals surface area contributed by atoms with Crippen molar-refractivity contribution in [2.45, 2.75) is 44.7 Å². The Kier molecular flexibility index (Phi) is 8.06. The maximum Gasteiger partial charge on any atom is 0.242 e. The minimum Gasteiger partial charge on any atom is -0.354 e. The van der Waals surface area contributed by atoms with E-state index in [-0.39, 0.29) is 36.3 Å². The number of rotatable bonds is 6. The van der Waals surface area contributed by atoms with Crippen LogP contribution in [0.4, 0.5) is 0 Å². The SMILES string of the molecule is CC(N)CCNC(=O)C1CCCN1C(=O)Cc1ccccc1.Cl. The standard InChI is InChI=1S/C17H25N3O2.ClH/c1-13(18)9-10-19-17(22)15-8-5-11-20(15)16(21)12-14-6-3-2-4-7-14;/h2-4,6-7,13,15H,5,8-12,18H2,1H3,(H,19,22);1H. The van der Waals surface area contributed by atoms with Crippen molar-refractivity contribution < 1.29 is 9.59 Å². The van der Waals surface area contributed by atoms with Crippen LogP contribution in [0.1, 0.15) is 31.7 Å². The lowest BCUT2D eigenvalue weighted by atomic mass is 10.1. The molecule has 1 aromatic rings. The molecule has 6 heteroatoms. The van der Waals surface area contributed by atoms with E-state index in [2.05, 4.69) is 5.32 Å². The van der Waals surface area contributed by atoms with Gasteiger partial charge < -0.3 is 16.0 Å². The molecule has 2 rings (SSSR count). The number of nitrogens with zero attached hydrogens (tertiary/aromatic N) is 1. The van der Waals surface area contributed by atoms with E-state index in [1.54, 1.807) is 4.90 Å². The molecule has 2 amide bonds. The normalized spacial score (nSPS) is 18.2. The molecule has 1 fully saturated rings. The second-order valence-electron chi connectivity index (χ2n) is 5.96. The van der Waals surface area contributed by atoms with Gasteiger partial charge in [0.15, 0.2) is 0 Å². The van der Waals surface area contributed by atoms with Gasteiger partial charge in [-0.15, -0.1) is 12.4 Å². The van der Waals surface area contributed by atoms with E-state index in [0.29, 0.717) is 19.5 Å². The molecule has 0 saturated carbocycles. The lowest BCUT2D eigenvalue weighted by molar-refractivity contribution is -0.137. The second-order valence-corrected chi connectivity index (χ2v) is 5.96. The lowest BCUT2D eigenvalue weighted by Gasteiger charge is -2.24. The van der Waals surface area contributed by atoms with Crippen molar-refractivity contribution in [2.75, 3.05) is 13.1 Å². The van der Waals surface area contributed by atoms with E-state index in [0.717, 1.165) is 24.8 Å². The first-order chi connectivity index (χ1) is 10.6. The first-order valence-corrected chi connectivity index (χ1v) is 7.94. The molecule has 0 spiro atoms. The van der Waals surface area contributed by atoms with Crippen molar-refractivity contribution in [1.29, 1.82) is 0 Å². The highest BCUT2D eigenvalue weighted by molar-refractivity contribution is 5.89. The van der Waals surface area contributed by atoms with Gasteiger partial charge in [-0.2, -0.15) is 0 Å². The molecule has 1 aromatic carbocycles. The average Bonchev–Trinajstić information content (AvgIpc) is 2.97. The van der Waals surface area contributed by atoms with Gasteiger partial charge in [0.25, 0.3) is 0 Å². The first-order valence-electron chi connectivity index (χ1n) is 7.94. The van der Waals surface area contributed by atoms with E-state index >= 15 is 0 Å². The van der Waals surface area contributed by atoms with Crippen molar-refractivity contribution in [1.82, 2.24) is 10.2 Å². The summed E-state index contributed by atoms with van der Waals surface area (Å²) in [5.41, 5.74) is 6.66. The fraction of sp³-hybridized carbons (Fsp3) is 0.529. The Hall–Kier alpha value is -1.59. The molecule has 0 aliphatic carbocycles. The molecule has 2 unspecified atom stereocenters. The Bertz CT molecular complexity index is 508. The predicted octanol–water partition coefficient (Wildman–Crippen LogP) is 1.50. The third-order valence-electron chi connectivity index (χ3n) is 3.97. The minimum atomic E-state index is -0.329. The Morgan fingerprint density at radius 3 is 2.70 bits per heavy atom. The highest BCUT2D eigenvalue weighted by Crippen LogP contribution is 2.19. The fourth-order valence-electron chi connectivity index (χ4n) is 2.75. The van der Waals surface area contributed by atoms with Gasteiger partial charge in [0, 0.05) is 19.1 Å². The third kappa shape index (κ3) is 5.84. The first kappa shape index (κ1) is 19.5. The summed E-state index contributed by atoms with van der Waals surface area (Å²) in [4.78, 5) is 26.4. The summed E-state index contributed by atoms with van der Waals surface area (Å²) >= 11 is 0. The van der Waals surface area contributed by atoms with Gasteiger partial charge in [-0.1, -0.05) is 30.3 Å². The largest absolute Gasteiger partial charge is 0.354 e. The molecule has 1 saturated heterocycles. The summed E-state index contributed by atoms with van der Waals surface area (Å²) in [6.07, 6.45) is 2.72. The number of carbonyl (C=O) groups is 2. The Balaban J connectivity index is 0.00000264. The predicted molar refractivity (Wildman–Crippen MR) is 93.4 cm³/mol. The molecule has 23 heavy (non-hydrogen) atoms. The van der Waals surface area contributed by atoms with Gasteiger partial charge in [0.1, 0.15) is 6.04 Å². The summed E-state index contributed by atoms with van der Waals surface area (Å²) in [5.74, 6) is -0.0318. The van der Waals surface area contributed by atoms with Gasteiger partial charge in [-0.25, -0.2) is 0 Å². The second kappa shape index (κ2) is 9.53. The number of nitrogens with one attached hydrogen (secondary N) is 1. The van der Waals surface area contributed by atoms with Gasteiger partial charge in [-0.05, 0) is 31.7 Å². The van der Waals surface area contributed by atoms with Crippen LogP contribution in [-0.2, 0) is 16.0 Å². The van der Waals surface area contributed by atoms with E-state index < -0.39 is 0 Å². The van der Waals surface area contributed by atoms with Crippen LogP contribution in [0, 0.1) is 0 Å². The van der Waals surface area contributed by atoms with Crippen LogP contribution in [0.15, 0.2) is 30.3 Å². The molecule has 1 aliphatic rings. The quantitative estimate of drug-likeness (QED) is 0.824. The van der Waals surface area contributed by atoms with Crippen LogP contribution >= 0.6 is 12.4 Å². The summed E-state index contributed by atoms with van der Waals surface area (Å²) < 4.78 is 0. The zero-order chi connectivity index (χ0) is 15.9. The Labute approximate surface area is 144 Å². The highest BCUT2D eigenvalue weighted by Gasteiger charge is 2.33. The zero-order valence-corrected chi connectivity index (χ0v) is 14.3. The smallest absolute Gasteiger partial charge is 0.242 e. The summed E-state index contributed by atoms with van der Waals surface area (Å²) in [5, 5.41) is 2.89. The van der Waals surface area contributed by atoms with E-state index in [1.165, 1.54) is 0 Å². The number of hydrogen-bond donors (Lipinski definition) is 2. The number of carbonyl (C=O) groups excluding carboxylic acids is 2. The lowest BCUT2D eigenvalue weighted by Crippen LogP contribution is -2.47. The van der Waals surface area contributed by atoms with Gasteiger partial charge in [0.2, 0.25) is 11.8 Å². The molecular weight excluding hydrogens is 314 g/mol. The topological polar surface area (TPSA) is 75.4 Å². The van der Waals surface area contributed by atoms with E-state index in [1.807, 2.05) is 37.3 Å². The molecule has 5 nitrogen and oxygen atoms in total. The monoisotopic (exact) mass is 339 g/mol.